The van der Waals surface area contributed by atoms with Crippen LogP contribution in [0.5, 0.6) is 5.75 Å². The van der Waals surface area contributed by atoms with Gasteiger partial charge >= 0.3 is 0 Å². The third-order valence-electron chi connectivity index (χ3n) is 3.83. The van der Waals surface area contributed by atoms with Gasteiger partial charge < -0.3 is 9.26 Å². The first-order valence-corrected chi connectivity index (χ1v) is 8.05. The maximum absolute atomic E-state index is 5.74. The van der Waals surface area contributed by atoms with E-state index in [1.165, 1.54) is 5.56 Å². The van der Waals surface area contributed by atoms with Gasteiger partial charge in [0.2, 0.25) is 5.82 Å². The van der Waals surface area contributed by atoms with Gasteiger partial charge in [-0.15, -0.1) is 0 Å². The number of aromatic nitrogens is 2. The normalized spacial score (nSPS) is 11.5. The van der Waals surface area contributed by atoms with E-state index in [0.29, 0.717) is 11.7 Å². The highest BCUT2D eigenvalue weighted by Crippen LogP contribution is 2.24. The van der Waals surface area contributed by atoms with Crippen LogP contribution in [0.1, 0.15) is 37.8 Å². The van der Waals surface area contributed by atoms with E-state index in [2.05, 4.69) is 43.0 Å². The molecule has 0 unspecified atom stereocenters. The second kappa shape index (κ2) is 6.48. The Morgan fingerprint density at radius 1 is 1.04 bits per heavy atom. The fraction of sp³-hybridized carbons (Fsp3) is 0.300. The molecule has 0 N–H and O–H groups in total. The third-order valence-corrected chi connectivity index (χ3v) is 3.83. The van der Waals surface area contributed by atoms with Crippen molar-refractivity contribution in [2.45, 2.75) is 39.7 Å². The lowest BCUT2D eigenvalue weighted by atomic mass is 9.87. The number of ether oxygens (including phenoxy) is 1. The number of aryl methyl sites for hydroxylation is 1. The van der Waals surface area contributed by atoms with Crippen LogP contribution in [0.4, 0.5) is 0 Å². The van der Waals surface area contributed by atoms with E-state index in [1.54, 1.807) is 0 Å². The molecule has 3 rings (SSSR count). The van der Waals surface area contributed by atoms with Crippen LogP contribution in [0, 0.1) is 6.92 Å². The van der Waals surface area contributed by atoms with Gasteiger partial charge in [-0.25, -0.2) is 0 Å². The average Bonchev–Trinajstić information content (AvgIpc) is 3.01. The largest absolute Gasteiger partial charge is 0.484 e. The Morgan fingerprint density at radius 3 is 2.46 bits per heavy atom. The Hall–Kier alpha value is -2.62. The summed E-state index contributed by atoms with van der Waals surface area (Å²) in [7, 11) is 0. The van der Waals surface area contributed by atoms with Gasteiger partial charge in [-0.2, -0.15) is 4.98 Å². The van der Waals surface area contributed by atoms with Crippen LogP contribution >= 0.6 is 0 Å². The van der Waals surface area contributed by atoms with E-state index in [0.717, 1.165) is 16.9 Å². The molecule has 124 valence electrons. The molecular weight excluding hydrogens is 300 g/mol. The van der Waals surface area contributed by atoms with Gasteiger partial charge in [-0.1, -0.05) is 61.8 Å². The summed E-state index contributed by atoms with van der Waals surface area (Å²) in [5.74, 6) is 1.84. The molecule has 4 heteroatoms. The summed E-state index contributed by atoms with van der Waals surface area (Å²) in [6.45, 7) is 8.86. The predicted octanol–water partition coefficient (Wildman–Crippen LogP) is 4.92. The zero-order chi connectivity index (χ0) is 17.2. The van der Waals surface area contributed by atoms with Crippen molar-refractivity contribution >= 4 is 0 Å². The van der Waals surface area contributed by atoms with Crippen LogP contribution in [-0.4, -0.2) is 10.1 Å². The number of benzene rings is 2. The van der Waals surface area contributed by atoms with Crippen LogP contribution < -0.4 is 4.74 Å². The Kier molecular flexibility index (Phi) is 4.38. The first kappa shape index (κ1) is 16.2. The van der Waals surface area contributed by atoms with Gasteiger partial charge in [0.25, 0.3) is 5.89 Å². The zero-order valence-electron chi connectivity index (χ0n) is 14.5. The molecule has 2 aromatic carbocycles. The van der Waals surface area contributed by atoms with Gasteiger partial charge in [0, 0.05) is 5.56 Å². The molecule has 0 saturated heterocycles. The SMILES string of the molecule is Cc1cccc(-c2noc(COc3ccc(C(C)(C)C)cc3)n2)c1. The molecule has 0 aliphatic rings. The fourth-order valence-electron chi connectivity index (χ4n) is 2.41. The topological polar surface area (TPSA) is 48.2 Å². The Bertz CT molecular complexity index is 814. The highest BCUT2D eigenvalue weighted by atomic mass is 16.5. The number of hydrogen-bond acceptors (Lipinski definition) is 4. The summed E-state index contributed by atoms with van der Waals surface area (Å²) in [6.07, 6.45) is 0. The van der Waals surface area contributed by atoms with Crippen LogP contribution in [0.3, 0.4) is 0 Å². The molecule has 0 amide bonds. The molecule has 1 aromatic heterocycles. The summed E-state index contributed by atoms with van der Waals surface area (Å²) in [6, 6.07) is 16.1. The van der Waals surface area contributed by atoms with Crippen molar-refractivity contribution in [1.82, 2.24) is 10.1 Å². The van der Waals surface area contributed by atoms with E-state index in [-0.39, 0.29) is 12.0 Å². The van der Waals surface area contributed by atoms with Gasteiger partial charge in [-0.3, -0.25) is 0 Å². The van der Waals surface area contributed by atoms with Gasteiger partial charge in [-0.05, 0) is 36.1 Å². The lowest BCUT2D eigenvalue weighted by Gasteiger charge is -2.19. The Labute approximate surface area is 142 Å². The molecule has 0 aliphatic heterocycles. The maximum atomic E-state index is 5.74. The second-order valence-electron chi connectivity index (χ2n) is 6.94. The minimum atomic E-state index is 0.133. The van der Waals surface area contributed by atoms with Gasteiger partial charge in [0.05, 0.1) is 0 Å². The Balaban J connectivity index is 1.65. The minimum absolute atomic E-state index is 0.133. The van der Waals surface area contributed by atoms with Gasteiger partial charge in [0.1, 0.15) is 5.75 Å². The van der Waals surface area contributed by atoms with E-state index >= 15 is 0 Å². The smallest absolute Gasteiger partial charge is 0.264 e. The highest BCUT2D eigenvalue weighted by Gasteiger charge is 2.13. The first-order chi connectivity index (χ1) is 11.4. The molecule has 0 saturated carbocycles. The van der Waals surface area contributed by atoms with E-state index in [1.807, 2.05) is 43.3 Å². The minimum Gasteiger partial charge on any atom is -0.484 e. The van der Waals surface area contributed by atoms with Crippen molar-refractivity contribution in [2.24, 2.45) is 0 Å². The van der Waals surface area contributed by atoms with Crippen molar-refractivity contribution in [3.63, 3.8) is 0 Å². The lowest BCUT2D eigenvalue weighted by molar-refractivity contribution is 0.243. The predicted molar refractivity (Wildman–Crippen MR) is 93.9 cm³/mol. The van der Waals surface area contributed by atoms with Crippen LogP contribution in [0.15, 0.2) is 53.1 Å². The molecule has 0 radical (unpaired) electrons. The van der Waals surface area contributed by atoms with Crippen LogP contribution in [0.2, 0.25) is 0 Å². The van der Waals surface area contributed by atoms with Crippen molar-refractivity contribution in [2.75, 3.05) is 0 Å². The molecule has 3 aromatic rings. The van der Waals surface area contributed by atoms with Crippen molar-refractivity contribution < 1.29 is 9.26 Å². The summed E-state index contributed by atoms with van der Waals surface area (Å²) < 4.78 is 11.0. The number of hydrogen-bond donors (Lipinski definition) is 0. The average molecular weight is 322 g/mol. The molecule has 0 fully saturated rings. The molecule has 0 spiro atoms. The van der Waals surface area contributed by atoms with E-state index < -0.39 is 0 Å². The van der Waals surface area contributed by atoms with Crippen molar-refractivity contribution in [3.05, 3.63) is 65.5 Å². The molecule has 0 atom stereocenters. The Morgan fingerprint density at radius 2 is 1.79 bits per heavy atom. The van der Waals surface area contributed by atoms with Crippen molar-refractivity contribution in [3.8, 4) is 17.1 Å². The molecular formula is C20H22N2O2. The van der Waals surface area contributed by atoms with E-state index in [9.17, 15) is 0 Å². The molecule has 1 heterocycles. The molecule has 0 aliphatic carbocycles. The molecule has 24 heavy (non-hydrogen) atoms. The number of rotatable bonds is 4. The third kappa shape index (κ3) is 3.82. The quantitative estimate of drug-likeness (QED) is 0.684. The summed E-state index contributed by atoms with van der Waals surface area (Å²) in [5.41, 5.74) is 3.51. The second-order valence-corrected chi connectivity index (χ2v) is 6.94. The maximum Gasteiger partial charge on any atom is 0.264 e. The van der Waals surface area contributed by atoms with Crippen molar-refractivity contribution in [1.29, 1.82) is 0 Å². The monoisotopic (exact) mass is 322 g/mol. The summed E-state index contributed by atoms with van der Waals surface area (Å²) >= 11 is 0. The van der Waals surface area contributed by atoms with E-state index in [4.69, 9.17) is 9.26 Å². The molecule has 0 bridgehead atoms. The first-order valence-electron chi connectivity index (χ1n) is 8.05. The van der Waals surface area contributed by atoms with Crippen LogP contribution in [0.25, 0.3) is 11.4 Å². The van der Waals surface area contributed by atoms with Crippen LogP contribution in [-0.2, 0) is 12.0 Å². The summed E-state index contributed by atoms with van der Waals surface area (Å²) in [5, 5.41) is 4.02. The van der Waals surface area contributed by atoms with Gasteiger partial charge in [0.15, 0.2) is 6.61 Å². The zero-order valence-corrected chi connectivity index (χ0v) is 14.5. The number of nitrogens with zero attached hydrogens (tertiary/aromatic N) is 2. The highest BCUT2D eigenvalue weighted by molar-refractivity contribution is 5.55. The fourth-order valence-corrected chi connectivity index (χ4v) is 2.41. The lowest BCUT2D eigenvalue weighted by Crippen LogP contribution is -2.10. The summed E-state index contributed by atoms with van der Waals surface area (Å²) in [4.78, 5) is 4.39. The molecule has 4 nitrogen and oxygen atoms in total. The standard InChI is InChI=1S/C20H22N2O2/c1-14-6-5-7-15(12-14)19-21-18(24-22-19)13-23-17-10-8-16(9-11-17)20(2,3)4/h5-12H,13H2,1-4H3.